The highest BCUT2D eigenvalue weighted by Gasteiger charge is 2.13. The monoisotopic (exact) mass is 316 g/mol. The zero-order chi connectivity index (χ0) is 16.2. The van der Waals surface area contributed by atoms with E-state index in [9.17, 15) is 4.79 Å². The largest absolute Gasteiger partial charge is 0.497 e. The van der Waals surface area contributed by atoms with Crippen LogP contribution in [0.5, 0.6) is 5.75 Å². The summed E-state index contributed by atoms with van der Waals surface area (Å²) in [4.78, 5) is 13.8. The minimum atomic E-state index is -0.467. The molecule has 1 heterocycles. The molecule has 0 spiro atoms. The first-order chi connectivity index (χ1) is 10.4. The van der Waals surface area contributed by atoms with Gasteiger partial charge < -0.3 is 9.47 Å². The molecule has 1 aromatic carbocycles. The predicted molar refractivity (Wildman–Crippen MR) is 91.2 cm³/mol. The van der Waals surface area contributed by atoms with Crippen molar-refractivity contribution >= 4 is 23.4 Å². The van der Waals surface area contributed by atoms with E-state index in [1.165, 1.54) is 6.08 Å². The first-order valence-corrected chi connectivity index (χ1v) is 7.84. The first-order valence-electron chi connectivity index (χ1n) is 7.03. The molecular weight excluding hydrogens is 296 g/mol. The van der Waals surface area contributed by atoms with Gasteiger partial charge in [0.15, 0.2) is 0 Å². The molecule has 0 amide bonds. The second-order valence-corrected chi connectivity index (χ2v) is 6.91. The van der Waals surface area contributed by atoms with E-state index < -0.39 is 5.60 Å². The SMILES string of the molecule is COc1ccc(-c2ccc(/C=C/C(=O)OC(C)(C)C)s2)cc1. The van der Waals surface area contributed by atoms with Crippen LogP contribution in [0.1, 0.15) is 25.6 Å². The second-order valence-electron chi connectivity index (χ2n) is 5.80. The summed E-state index contributed by atoms with van der Waals surface area (Å²) in [6.07, 6.45) is 3.25. The van der Waals surface area contributed by atoms with Crippen LogP contribution in [0, 0.1) is 0 Å². The van der Waals surface area contributed by atoms with Crippen LogP contribution in [-0.2, 0) is 9.53 Å². The van der Waals surface area contributed by atoms with Gasteiger partial charge in [0.05, 0.1) is 7.11 Å². The maximum Gasteiger partial charge on any atom is 0.331 e. The molecular formula is C18H20O3S. The molecule has 2 aromatic rings. The fourth-order valence-electron chi connectivity index (χ4n) is 1.84. The Morgan fingerprint density at radius 2 is 1.77 bits per heavy atom. The van der Waals surface area contributed by atoms with Gasteiger partial charge in [-0.25, -0.2) is 4.79 Å². The number of carbonyl (C=O) groups is 1. The maximum atomic E-state index is 11.7. The van der Waals surface area contributed by atoms with Crippen LogP contribution in [-0.4, -0.2) is 18.7 Å². The van der Waals surface area contributed by atoms with Crippen LogP contribution in [0.2, 0.25) is 0 Å². The molecule has 0 bridgehead atoms. The first kappa shape index (κ1) is 16.3. The molecule has 4 heteroatoms. The summed E-state index contributed by atoms with van der Waals surface area (Å²) in [7, 11) is 1.65. The average molecular weight is 316 g/mol. The Labute approximate surface area is 135 Å². The van der Waals surface area contributed by atoms with E-state index in [0.717, 1.165) is 21.1 Å². The molecule has 0 saturated carbocycles. The molecule has 0 aliphatic heterocycles. The Morgan fingerprint density at radius 3 is 2.36 bits per heavy atom. The van der Waals surface area contributed by atoms with Crippen LogP contribution < -0.4 is 4.74 Å². The highest BCUT2D eigenvalue weighted by Crippen LogP contribution is 2.30. The summed E-state index contributed by atoms with van der Waals surface area (Å²) in [5.41, 5.74) is 0.660. The van der Waals surface area contributed by atoms with Crippen LogP contribution in [0.15, 0.2) is 42.5 Å². The third-order valence-electron chi connectivity index (χ3n) is 2.79. The Hall–Kier alpha value is -2.07. The van der Waals surface area contributed by atoms with Crippen LogP contribution in [0.25, 0.3) is 16.5 Å². The molecule has 116 valence electrons. The molecule has 0 radical (unpaired) electrons. The smallest absolute Gasteiger partial charge is 0.331 e. The third kappa shape index (κ3) is 4.74. The maximum absolute atomic E-state index is 11.7. The molecule has 0 N–H and O–H groups in total. The molecule has 2 rings (SSSR count). The number of thiophene rings is 1. The number of carbonyl (C=O) groups excluding carboxylic acids is 1. The Kier molecular flexibility index (Phi) is 5.03. The minimum absolute atomic E-state index is 0.327. The summed E-state index contributed by atoms with van der Waals surface area (Å²) in [5, 5.41) is 0. The standard InChI is InChI=1S/C18H20O3S/c1-18(2,3)21-17(19)12-10-15-9-11-16(22-15)13-5-7-14(20-4)8-6-13/h5-12H,1-4H3/b12-10+. The molecule has 22 heavy (non-hydrogen) atoms. The molecule has 1 aromatic heterocycles. The molecule has 0 fully saturated rings. The lowest BCUT2D eigenvalue weighted by Crippen LogP contribution is -2.22. The topological polar surface area (TPSA) is 35.5 Å². The number of esters is 1. The van der Waals surface area contributed by atoms with Gasteiger partial charge in [-0.2, -0.15) is 0 Å². The van der Waals surface area contributed by atoms with Crippen molar-refractivity contribution in [2.45, 2.75) is 26.4 Å². The van der Waals surface area contributed by atoms with Crippen molar-refractivity contribution in [2.75, 3.05) is 7.11 Å². The van der Waals surface area contributed by atoms with E-state index in [-0.39, 0.29) is 5.97 Å². The van der Waals surface area contributed by atoms with E-state index >= 15 is 0 Å². The Bertz CT molecular complexity index is 660. The molecule has 0 atom stereocenters. The van der Waals surface area contributed by atoms with Crippen molar-refractivity contribution in [3.8, 4) is 16.2 Å². The number of benzene rings is 1. The van der Waals surface area contributed by atoms with Gasteiger partial charge in [0, 0.05) is 15.8 Å². The van der Waals surface area contributed by atoms with Crippen molar-refractivity contribution in [2.24, 2.45) is 0 Å². The van der Waals surface area contributed by atoms with Gasteiger partial charge in [0.2, 0.25) is 0 Å². The number of hydrogen-bond donors (Lipinski definition) is 0. The van der Waals surface area contributed by atoms with E-state index in [1.807, 2.05) is 57.2 Å². The van der Waals surface area contributed by atoms with E-state index in [2.05, 4.69) is 0 Å². The summed E-state index contributed by atoms with van der Waals surface area (Å²) >= 11 is 1.62. The number of hydrogen-bond acceptors (Lipinski definition) is 4. The van der Waals surface area contributed by atoms with Gasteiger partial charge in [0.25, 0.3) is 0 Å². The number of rotatable bonds is 4. The summed E-state index contributed by atoms with van der Waals surface area (Å²) < 4.78 is 10.4. The predicted octanol–water partition coefficient (Wildman–Crippen LogP) is 4.78. The van der Waals surface area contributed by atoms with Crippen molar-refractivity contribution < 1.29 is 14.3 Å². The van der Waals surface area contributed by atoms with Crippen LogP contribution in [0.4, 0.5) is 0 Å². The summed E-state index contributed by atoms with van der Waals surface area (Å²) in [5.74, 6) is 0.511. The Balaban J connectivity index is 2.06. The lowest BCUT2D eigenvalue weighted by molar-refractivity contribution is -0.148. The van der Waals surface area contributed by atoms with E-state index in [0.29, 0.717) is 0 Å². The van der Waals surface area contributed by atoms with Gasteiger partial charge in [-0.1, -0.05) is 0 Å². The zero-order valence-electron chi connectivity index (χ0n) is 13.3. The minimum Gasteiger partial charge on any atom is -0.497 e. The number of methoxy groups -OCH3 is 1. The van der Waals surface area contributed by atoms with E-state index in [1.54, 1.807) is 24.5 Å². The van der Waals surface area contributed by atoms with Gasteiger partial charge in [-0.15, -0.1) is 11.3 Å². The van der Waals surface area contributed by atoms with Gasteiger partial charge in [0.1, 0.15) is 11.4 Å². The molecule has 0 saturated heterocycles. The van der Waals surface area contributed by atoms with Crippen molar-refractivity contribution in [3.63, 3.8) is 0 Å². The second kappa shape index (κ2) is 6.79. The van der Waals surface area contributed by atoms with Gasteiger partial charge >= 0.3 is 5.97 Å². The quantitative estimate of drug-likeness (QED) is 0.601. The van der Waals surface area contributed by atoms with Crippen molar-refractivity contribution in [3.05, 3.63) is 47.4 Å². The molecule has 0 aliphatic rings. The van der Waals surface area contributed by atoms with Crippen LogP contribution in [0.3, 0.4) is 0 Å². The highest BCUT2D eigenvalue weighted by atomic mass is 32.1. The normalized spacial score (nSPS) is 11.6. The van der Waals surface area contributed by atoms with Gasteiger partial charge in [-0.3, -0.25) is 0 Å². The van der Waals surface area contributed by atoms with Crippen molar-refractivity contribution in [1.82, 2.24) is 0 Å². The molecule has 3 nitrogen and oxygen atoms in total. The fraction of sp³-hybridized carbons (Fsp3) is 0.278. The highest BCUT2D eigenvalue weighted by molar-refractivity contribution is 7.16. The lowest BCUT2D eigenvalue weighted by Gasteiger charge is -2.17. The van der Waals surface area contributed by atoms with Gasteiger partial charge in [-0.05, 0) is 68.8 Å². The fourth-order valence-corrected chi connectivity index (χ4v) is 2.75. The number of ether oxygens (including phenoxy) is 2. The lowest BCUT2D eigenvalue weighted by atomic mass is 10.2. The third-order valence-corrected chi connectivity index (χ3v) is 3.89. The van der Waals surface area contributed by atoms with E-state index in [4.69, 9.17) is 9.47 Å². The molecule has 0 aliphatic carbocycles. The summed E-state index contributed by atoms with van der Waals surface area (Å²) in [6.45, 7) is 5.56. The summed E-state index contributed by atoms with van der Waals surface area (Å²) in [6, 6.07) is 11.9. The Morgan fingerprint density at radius 1 is 1.09 bits per heavy atom. The van der Waals surface area contributed by atoms with Crippen molar-refractivity contribution in [1.29, 1.82) is 0 Å². The average Bonchev–Trinajstić information content (AvgIpc) is 2.92. The van der Waals surface area contributed by atoms with Crippen LogP contribution >= 0.6 is 11.3 Å². The zero-order valence-corrected chi connectivity index (χ0v) is 14.1. The molecule has 0 unspecified atom stereocenters.